The SMILES string of the molecule is CCC=CCC=CCC=CCC=CCC=CCC=CCCC(=O)NCCNCCNC(=O)C(C)(C)CCCOc1cc(C)ccc1C. The second-order valence-corrected chi connectivity index (χ2v) is 12.4. The predicted molar refractivity (Wildman–Crippen MR) is 201 cm³/mol. The summed E-state index contributed by atoms with van der Waals surface area (Å²) in [4.78, 5) is 24.7. The zero-order valence-corrected chi connectivity index (χ0v) is 30.0. The lowest BCUT2D eigenvalue weighted by molar-refractivity contribution is -0.129. The molecular weight excluding hydrogens is 582 g/mol. The molecule has 0 spiro atoms. The summed E-state index contributed by atoms with van der Waals surface area (Å²) in [6, 6.07) is 6.20. The highest BCUT2D eigenvalue weighted by atomic mass is 16.5. The number of rotatable bonds is 26. The molecule has 47 heavy (non-hydrogen) atoms. The number of carbonyl (C=O) groups is 2. The van der Waals surface area contributed by atoms with Gasteiger partial charge in [0.2, 0.25) is 11.8 Å². The fourth-order valence-electron chi connectivity index (χ4n) is 4.53. The Kier molecular flexibility index (Phi) is 24.2. The van der Waals surface area contributed by atoms with Crippen molar-refractivity contribution in [3.63, 3.8) is 0 Å². The predicted octanol–water partition coefficient (Wildman–Crippen LogP) is 8.79. The van der Waals surface area contributed by atoms with E-state index in [9.17, 15) is 9.59 Å². The minimum Gasteiger partial charge on any atom is -0.493 e. The lowest BCUT2D eigenvalue weighted by Crippen LogP contribution is -2.41. The lowest BCUT2D eigenvalue weighted by Gasteiger charge is -2.23. The maximum atomic E-state index is 12.7. The van der Waals surface area contributed by atoms with Crippen LogP contribution in [0.4, 0.5) is 0 Å². The highest BCUT2D eigenvalue weighted by molar-refractivity contribution is 5.81. The topological polar surface area (TPSA) is 79.5 Å². The van der Waals surface area contributed by atoms with E-state index in [0.29, 0.717) is 39.2 Å². The van der Waals surface area contributed by atoms with Crippen molar-refractivity contribution in [3.05, 3.63) is 102 Å². The number of amides is 2. The average Bonchev–Trinajstić information content (AvgIpc) is 3.05. The first-order chi connectivity index (χ1) is 22.8. The Labute approximate surface area is 286 Å². The van der Waals surface area contributed by atoms with E-state index in [1.165, 1.54) is 5.56 Å². The van der Waals surface area contributed by atoms with Gasteiger partial charge in [-0.2, -0.15) is 0 Å². The summed E-state index contributed by atoms with van der Waals surface area (Å²) < 4.78 is 5.94. The molecule has 0 aliphatic heterocycles. The minimum absolute atomic E-state index is 0.0498. The van der Waals surface area contributed by atoms with Crippen molar-refractivity contribution in [1.29, 1.82) is 0 Å². The molecule has 0 aliphatic rings. The Bertz CT molecular complexity index is 1170. The third-order valence-corrected chi connectivity index (χ3v) is 7.51. The molecule has 1 rings (SSSR count). The first-order valence-corrected chi connectivity index (χ1v) is 17.6. The van der Waals surface area contributed by atoms with Gasteiger partial charge in [-0.05, 0) is 88.8 Å². The van der Waals surface area contributed by atoms with Crippen LogP contribution in [-0.2, 0) is 9.59 Å². The first-order valence-electron chi connectivity index (χ1n) is 17.6. The van der Waals surface area contributed by atoms with Crippen molar-refractivity contribution in [2.24, 2.45) is 5.41 Å². The molecule has 0 atom stereocenters. The standard InChI is InChI=1S/C41H63N3O3/c1-6-7-8-9-10-11-12-13-14-15-16-17-18-19-20-21-22-23-24-26-39(45)43-32-30-42-31-33-44-40(46)41(4,5)29-25-34-47-38-35-36(2)27-28-37(38)3/h7-8,10-11,13-14,16-17,19-20,22-23,27-28,35,42H,6,9,12,15,18,21,24-26,29-34H2,1-5H3,(H,43,45)(H,44,46). The second kappa shape index (κ2) is 27.5. The summed E-state index contributed by atoms with van der Waals surface area (Å²) in [6.45, 7) is 13.2. The summed E-state index contributed by atoms with van der Waals surface area (Å²) in [5.74, 6) is 1.02. The van der Waals surface area contributed by atoms with Crippen molar-refractivity contribution in [1.82, 2.24) is 16.0 Å². The highest BCUT2D eigenvalue weighted by Crippen LogP contribution is 2.24. The van der Waals surface area contributed by atoms with Crippen molar-refractivity contribution >= 4 is 11.8 Å². The number of hydrogen-bond donors (Lipinski definition) is 3. The van der Waals surface area contributed by atoms with E-state index < -0.39 is 5.41 Å². The molecule has 6 nitrogen and oxygen atoms in total. The molecule has 0 saturated carbocycles. The summed E-state index contributed by atoms with van der Waals surface area (Å²) in [6.07, 6.45) is 34.9. The van der Waals surface area contributed by atoms with Crippen LogP contribution in [-0.4, -0.2) is 44.6 Å². The zero-order chi connectivity index (χ0) is 34.4. The van der Waals surface area contributed by atoms with Crippen LogP contribution in [0.5, 0.6) is 5.75 Å². The van der Waals surface area contributed by atoms with Gasteiger partial charge in [0.1, 0.15) is 5.75 Å². The quantitative estimate of drug-likeness (QED) is 0.0695. The van der Waals surface area contributed by atoms with E-state index >= 15 is 0 Å². The number of carbonyl (C=O) groups excluding carboxylic acids is 2. The van der Waals surface area contributed by atoms with Crippen LogP contribution < -0.4 is 20.7 Å². The monoisotopic (exact) mass is 645 g/mol. The van der Waals surface area contributed by atoms with Crippen LogP contribution in [0.15, 0.2) is 91.1 Å². The maximum absolute atomic E-state index is 12.7. The maximum Gasteiger partial charge on any atom is 0.225 e. The van der Waals surface area contributed by atoms with E-state index in [0.717, 1.165) is 69.1 Å². The zero-order valence-electron chi connectivity index (χ0n) is 30.0. The third-order valence-electron chi connectivity index (χ3n) is 7.51. The fraction of sp³-hybridized carbons (Fsp3) is 0.512. The van der Waals surface area contributed by atoms with Gasteiger partial charge in [0, 0.05) is 38.0 Å². The average molecular weight is 646 g/mol. The minimum atomic E-state index is -0.456. The summed E-state index contributed by atoms with van der Waals surface area (Å²) in [7, 11) is 0. The Morgan fingerprint density at radius 3 is 1.83 bits per heavy atom. The molecular formula is C41H63N3O3. The van der Waals surface area contributed by atoms with Crippen LogP contribution in [0, 0.1) is 19.3 Å². The molecule has 0 fully saturated rings. The van der Waals surface area contributed by atoms with Gasteiger partial charge in [-0.1, -0.05) is 106 Å². The van der Waals surface area contributed by atoms with E-state index in [1.54, 1.807) is 0 Å². The van der Waals surface area contributed by atoms with Crippen molar-refractivity contribution in [2.45, 2.75) is 98.8 Å². The van der Waals surface area contributed by atoms with Gasteiger partial charge in [-0.25, -0.2) is 0 Å². The Morgan fingerprint density at radius 1 is 0.723 bits per heavy atom. The number of ether oxygens (including phenoxy) is 1. The number of benzene rings is 1. The fourth-order valence-corrected chi connectivity index (χ4v) is 4.53. The number of allylic oxidation sites excluding steroid dienone is 12. The smallest absolute Gasteiger partial charge is 0.225 e. The summed E-state index contributed by atoms with van der Waals surface area (Å²) in [5.41, 5.74) is 1.85. The van der Waals surface area contributed by atoms with Gasteiger partial charge in [-0.3, -0.25) is 9.59 Å². The van der Waals surface area contributed by atoms with Gasteiger partial charge in [-0.15, -0.1) is 0 Å². The van der Waals surface area contributed by atoms with Crippen LogP contribution in [0.25, 0.3) is 0 Å². The molecule has 0 bridgehead atoms. The third kappa shape index (κ3) is 23.4. The molecule has 0 aliphatic carbocycles. The molecule has 0 unspecified atom stereocenters. The molecule has 0 heterocycles. The van der Waals surface area contributed by atoms with Crippen molar-refractivity contribution < 1.29 is 14.3 Å². The van der Waals surface area contributed by atoms with Gasteiger partial charge < -0.3 is 20.7 Å². The van der Waals surface area contributed by atoms with Crippen LogP contribution in [0.3, 0.4) is 0 Å². The second-order valence-electron chi connectivity index (χ2n) is 12.4. The normalized spacial score (nSPS) is 12.5. The van der Waals surface area contributed by atoms with Gasteiger partial charge in [0.05, 0.1) is 6.61 Å². The molecule has 0 saturated heterocycles. The first kappa shape index (κ1) is 41.4. The van der Waals surface area contributed by atoms with Crippen LogP contribution >= 0.6 is 0 Å². The Hall–Kier alpha value is -3.64. The Morgan fingerprint density at radius 2 is 1.26 bits per heavy atom. The molecule has 260 valence electrons. The molecule has 1 aromatic rings. The van der Waals surface area contributed by atoms with E-state index in [-0.39, 0.29) is 11.8 Å². The van der Waals surface area contributed by atoms with E-state index in [2.05, 4.69) is 121 Å². The van der Waals surface area contributed by atoms with Crippen molar-refractivity contribution in [3.8, 4) is 5.75 Å². The van der Waals surface area contributed by atoms with E-state index in [4.69, 9.17) is 4.74 Å². The highest BCUT2D eigenvalue weighted by Gasteiger charge is 2.26. The lowest BCUT2D eigenvalue weighted by atomic mass is 9.87. The summed E-state index contributed by atoms with van der Waals surface area (Å²) in [5, 5.41) is 9.24. The van der Waals surface area contributed by atoms with E-state index in [1.807, 2.05) is 20.8 Å². The molecule has 3 N–H and O–H groups in total. The van der Waals surface area contributed by atoms with Gasteiger partial charge >= 0.3 is 0 Å². The molecule has 2 amide bonds. The summed E-state index contributed by atoms with van der Waals surface area (Å²) >= 11 is 0. The van der Waals surface area contributed by atoms with Crippen LogP contribution in [0.2, 0.25) is 0 Å². The van der Waals surface area contributed by atoms with Crippen LogP contribution in [0.1, 0.15) is 96.1 Å². The molecule has 0 radical (unpaired) electrons. The molecule has 0 aromatic heterocycles. The number of nitrogens with one attached hydrogen (secondary N) is 3. The largest absolute Gasteiger partial charge is 0.493 e. The molecule has 1 aromatic carbocycles. The van der Waals surface area contributed by atoms with Gasteiger partial charge in [0.25, 0.3) is 0 Å². The number of hydrogen-bond acceptors (Lipinski definition) is 4. The number of aryl methyl sites for hydroxylation is 2. The Balaban J connectivity index is 1.99. The molecule has 6 heteroatoms. The van der Waals surface area contributed by atoms with Gasteiger partial charge in [0.15, 0.2) is 0 Å². The van der Waals surface area contributed by atoms with Crippen molar-refractivity contribution in [2.75, 3.05) is 32.8 Å².